The Labute approximate surface area is 93.3 Å². The maximum atomic E-state index is 4.42. The van der Waals surface area contributed by atoms with Gasteiger partial charge in [0, 0.05) is 24.3 Å². The summed E-state index contributed by atoms with van der Waals surface area (Å²) < 4.78 is 0. The zero-order valence-corrected chi connectivity index (χ0v) is 10.4. The lowest BCUT2D eigenvalue weighted by atomic mass is 10.1. The van der Waals surface area contributed by atoms with E-state index in [4.69, 9.17) is 0 Å². The van der Waals surface area contributed by atoms with Crippen molar-refractivity contribution in [1.29, 1.82) is 0 Å². The van der Waals surface area contributed by atoms with Gasteiger partial charge in [-0.25, -0.2) is 0 Å². The van der Waals surface area contributed by atoms with Crippen molar-refractivity contribution in [2.24, 2.45) is 0 Å². The molecular formula is C13H22N2. The molecule has 0 aliphatic rings. The molecule has 1 aromatic rings. The minimum absolute atomic E-state index is 0.381. The molecule has 0 radical (unpaired) electrons. The Morgan fingerprint density at radius 1 is 1.00 bits per heavy atom. The van der Waals surface area contributed by atoms with Crippen LogP contribution in [0.5, 0.6) is 0 Å². The first-order chi connectivity index (χ1) is 7.04. The van der Waals surface area contributed by atoms with Crippen molar-refractivity contribution in [3.63, 3.8) is 0 Å². The molecule has 0 saturated heterocycles. The van der Waals surface area contributed by atoms with Crippen molar-refractivity contribution < 1.29 is 0 Å². The van der Waals surface area contributed by atoms with Gasteiger partial charge in [0.25, 0.3) is 0 Å². The zero-order chi connectivity index (χ0) is 11.4. The summed E-state index contributed by atoms with van der Waals surface area (Å²) in [6.45, 7) is 11.2. The van der Waals surface area contributed by atoms with Gasteiger partial charge in [-0.2, -0.15) is 0 Å². The molecule has 0 aliphatic carbocycles. The second kappa shape index (κ2) is 5.26. The smallest absolute Gasteiger partial charge is 0.0572 e. The minimum Gasteiger partial charge on any atom is -0.290 e. The maximum absolute atomic E-state index is 4.42. The van der Waals surface area contributed by atoms with Crippen molar-refractivity contribution in [2.75, 3.05) is 0 Å². The highest BCUT2D eigenvalue weighted by Crippen LogP contribution is 2.22. The highest BCUT2D eigenvalue weighted by molar-refractivity contribution is 5.08. The molecule has 0 saturated carbocycles. The summed E-state index contributed by atoms with van der Waals surface area (Å²) in [6.07, 6.45) is 1.87. The van der Waals surface area contributed by atoms with E-state index < -0.39 is 0 Å². The van der Waals surface area contributed by atoms with Gasteiger partial charge in [0.2, 0.25) is 0 Å². The number of aromatic nitrogens is 1. The Kier molecular flexibility index (Phi) is 4.28. The minimum atomic E-state index is 0.381. The number of pyridine rings is 1. The summed E-state index contributed by atoms with van der Waals surface area (Å²) in [7, 11) is 0. The first-order valence-corrected chi connectivity index (χ1v) is 5.72. The van der Waals surface area contributed by atoms with E-state index in [1.165, 1.54) is 0 Å². The molecule has 1 rings (SSSR count). The van der Waals surface area contributed by atoms with Crippen molar-refractivity contribution in [2.45, 2.75) is 52.7 Å². The number of hydrogen-bond donors (Lipinski definition) is 0. The fourth-order valence-electron chi connectivity index (χ4n) is 2.27. The molecule has 1 unspecified atom stereocenters. The molecule has 84 valence electrons. The van der Waals surface area contributed by atoms with E-state index in [1.807, 2.05) is 12.3 Å². The molecule has 1 aromatic heterocycles. The van der Waals surface area contributed by atoms with Gasteiger partial charge in [0.05, 0.1) is 5.69 Å². The fourth-order valence-corrected chi connectivity index (χ4v) is 2.27. The largest absolute Gasteiger partial charge is 0.290 e. The molecule has 0 fully saturated rings. The number of nitrogens with zero attached hydrogens (tertiary/aromatic N) is 2. The summed E-state index contributed by atoms with van der Waals surface area (Å²) in [6, 6.07) is 7.58. The Morgan fingerprint density at radius 2 is 1.60 bits per heavy atom. The van der Waals surface area contributed by atoms with Gasteiger partial charge in [-0.3, -0.25) is 9.88 Å². The van der Waals surface area contributed by atoms with Gasteiger partial charge in [-0.15, -0.1) is 0 Å². The van der Waals surface area contributed by atoms with Crippen LogP contribution in [0.4, 0.5) is 0 Å². The van der Waals surface area contributed by atoms with Crippen molar-refractivity contribution in [3.8, 4) is 0 Å². The van der Waals surface area contributed by atoms with E-state index in [0.717, 1.165) is 5.69 Å². The van der Waals surface area contributed by atoms with Crippen LogP contribution in [0.25, 0.3) is 0 Å². The van der Waals surface area contributed by atoms with Crippen LogP contribution in [0.3, 0.4) is 0 Å². The molecular weight excluding hydrogens is 184 g/mol. The van der Waals surface area contributed by atoms with Gasteiger partial charge in [0.1, 0.15) is 0 Å². The molecule has 0 aliphatic heterocycles. The molecule has 0 aromatic carbocycles. The first kappa shape index (κ1) is 12.2. The van der Waals surface area contributed by atoms with Crippen molar-refractivity contribution in [1.82, 2.24) is 9.88 Å². The zero-order valence-electron chi connectivity index (χ0n) is 10.4. The second-order valence-corrected chi connectivity index (χ2v) is 4.57. The van der Waals surface area contributed by atoms with Crippen molar-refractivity contribution >= 4 is 0 Å². The van der Waals surface area contributed by atoms with Crippen LogP contribution in [0, 0.1) is 0 Å². The Morgan fingerprint density at radius 3 is 2.00 bits per heavy atom. The normalized spacial score (nSPS) is 13.9. The van der Waals surface area contributed by atoms with E-state index in [-0.39, 0.29) is 0 Å². The average Bonchev–Trinajstić information content (AvgIpc) is 2.18. The lowest BCUT2D eigenvalue weighted by molar-refractivity contribution is 0.120. The molecule has 0 N–H and O–H groups in total. The predicted octanol–water partition coefficient (Wildman–Crippen LogP) is 3.26. The van der Waals surface area contributed by atoms with E-state index in [1.54, 1.807) is 0 Å². The molecule has 1 atom stereocenters. The lowest BCUT2D eigenvalue weighted by Gasteiger charge is -2.35. The molecule has 1 heterocycles. The third-order valence-electron chi connectivity index (χ3n) is 2.76. The molecule has 2 heteroatoms. The van der Waals surface area contributed by atoms with Crippen LogP contribution in [0.2, 0.25) is 0 Å². The summed E-state index contributed by atoms with van der Waals surface area (Å²) in [4.78, 5) is 6.90. The average molecular weight is 206 g/mol. The SMILES string of the molecule is CC(C)N(C(C)C)C(C)c1ccccn1. The van der Waals surface area contributed by atoms with Crippen LogP contribution in [0.1, 0.15) is 46.4 Å². The molecule has 0 amide bonds. The third kappa shape index (κ3) is 3.03. The van der Waals surface area contributed by atoms with E-state index in [9.17, 15) is 0 Å². The lowest BCUT2D eigenvalue weighted by Crippen LogP contribution is -2.39. The monoisotopic (exact) mass is 206 g/mol. The molecule has 0 spiro atoms. The summed E-state index contributed by atoms with van der Waals surface area (Å²) >= 11 is 0. The molecule has 2 nitrogen and oxygen atoms in total. The van der Waals surface area contributed by atoms with Gasteiger partial charge < -0.3 is 0 Å². The molecule has 15 heavy (non-hydrogen) atoms. The van der Waals surface area contributed by atoms with Crippen LogP contribution < -0.4 is 0 Å². The molecule has 0 bridgehead atoms. The van der Waals surface area contributed by atoms with Gasteiger partial charge in [0.15, 0.2) is 0 Å². The Bertz CT molecular complexity index is 272. The quantitative estimate of drug-likeness (QED) is 0.751. The highest BCUT2D eigenvalue weighted by atomic mass is 15.2. The fraction of sp³-hybridized carbons (Fsp3) is 0.615. The van der Waals surface area contributed by atoms with E-state index >= 15 is 0 Å². The van der Waals surface area contributed by atoms with Gasteiger partial charge in [-0.1, -0.05) is 6.07 Å². The van der Waals surface area contributed by atoms with Gasteiger partial charge in [-0.05, 0) is 46.8 Å². The number of hydrogen-bond acceptors (Lipinski definition) is 2. The highest BCUT2D eigenvalue weighted by Gasteiger charge is 2.21. The standard InChI is InChI=1S/C13H22N2/c1-10(2)15(11(3)4)12(5)13-8-6-7-9-14-13/h6-12H,1-5H3. The summed E-state index contributed by atoms with van der Waals surface area (Å²) in [5, 5.41) is 0. The van der Waals surface area contributed by atoms with E-state index in [0.29, 0.717) is 18.1 Å². The van der Waals surface area contributed by atoms with E-state index in [2.05, 4.69) is 56.6 Å². The van der Waals surface area contributed by atoms with Crippen LogP contribution in [-0.4, -0.2) is 22.0 Å². The Hall–Kier alpha value is -0.890. The predicted molar refractivity (Wildman–Crippen MR) is 64.8 cm³/mol. The summed E-state index contributed by atoms with van der Waals surface area (Å²) in [5.74, 6) is 0. The van der Waals surface area contributed by atoms with Crippen LogP contribution >= 0.6 is 0 Å². The summed E-state index contributed by atoms with van der Waals surface area (Å²) in [5.41, 5.74) is 1.15. The van der Waals surface area contributed by atoms with Gasteiger partial charge >= 0.3 is 0 Å². The maximum Gasteiger partial charge on any atom is 0.0572 e. The number of rotatable bonds is 4. The van der Waals surface area contributed by atoms with Crippen LogP contribution in [-0.2, 0) is 0 Å². The van der Waals surface area contributed by atoms with Crippen LogP contribution in [0.15, 0.2) is 24.4 Å². The topological polar surface area (TPSA) is 16.1 Å². The third-order valence-corrected chi connectivity index (χ3v) is 2.76. The first-order valence-electron chi connectivity index (χ1n) is 5.72. The second-order valence-electron chi connectivity index (χ2n) is 4.57. The Balaban J connectivity index is 2.86. The van der Waals surface area contributed by atoms with Crippen molar-refractivity contribution in [3.05, 3.63) is 30.1 Å².